The number of sulfonamides is 1. The highest BCUT2D eigenvalue weighted by Gasteiger charge is 2.32. The van der Waals surface area contributed by atoms with E-state index < -0.39 is 28.5 Å². The highest BCUT2D eigenvalue weighted by Crippen LogP contribution is 2.30. The molecule has 1 N–H and O–H groups in total. The van der Waals surface area contributed by atoms with Gasteiger partial charge in [0.15, 0.2) is 0 Å². The molecule has 0 fully saturated rings. The first kappa shape index (κ1) is 27.5. The van der Waals surface area contributed by atoms with Gasteiger partial charge in [-0.2, -0.15) is 0 Å². The highest BCUT2D eigenvalue weighted by atomic mass is 35.5. The van der Waals surface area contributed by atoms with E-state index in [1.54, 1.807) is 25.1 Å². The quantitative estimate of drug-likeness (QED) is 0.422. The van der Waals surface area contributed by atoms with Crippen molar-refractivity contribution >= 4 is 50.7 Å². The van der Waals surface area contributed by atoms with Crippen molar-refractivity contribution in [3.63, 3.8) is 0 Å². The second-order valence-corrected chi connectivity index (χ2v) is 10.9. The van der Waals surface area contributed by atoms with Gasteiger partial charge < -0.3 is 10.2 Å². The fourth-order valence-corrected chi connectivity index (χ4v) is 5.63. The van der Waals surface area contributed by atoms with Crippen molar-refractivity contribution in [2.45, 2.75) is 31.3 Å². The molecule has 2 amide bonds. The average molecular weight is 548 g/mol. The molecular formula is C26H27Cl2N3O4S. The molecule has 0 aliphatic rings. The Morgan fingerprint density at radius 1 is 0.944 bits per heavy atom. The van der Waals surface area contributed by atoms with Gasteiger partial charge in [0, 0.05) is 23.6 Å². The second-order valence-electron chi connectivity index (χ2n) is 8.19. The van der Waals surface area contributed by atoms with Gasteiger partial charge in [-0.15, -0.1) is 0 Å². The van der Waals surface area contributed by atoms with Crippen LogP contribution in [-0.2, 0) is 26.2 Å². The van der Waals surface area contributed by atoms with E-state index in [0.717, 1.165) is 15.4 Å². The van der Waals surface area contributed by atoms with Crippen LogP contribution in [0, 0.1) is 6.92 Å². The van der Waals surface area contributed by atoms with Crippen LogP contribution in [0.25, 0.3) is 0 Å². The summed E-state index contributed by atoms with van der Waals surface area (Å²) >= 11 is 12.3. The Hall–Kier alpha value is -3.07. The number of halogens is 2. The number of aryl methyl sites for hydroxylation is 1. The van der Waals surface area contributed by atoms with Gasteiger partial charge in [-0.05, 0) is 55.3 Å². The van der Waals surface area contributed by atoms with Crippen LogP contribution < -0.4 is 9.62 Å². The molecule has 0 unspecified atom stereocenters. The molecule has 0 aromatic heterocycles. The SMILES string of the molecule is CNC(=O)[C@@H](C)N(Cc1ccccc1C)C(=O)CN(c1cc(Cl)cc(Cl)c1)S(=O)(=O)c1ccccc1. The van der Waals surface area contributed by atoms with Gasteiger partial charge in [0.1, 0.15) is 12.6 Å². The highest BCUT2D eigenvalue weighted by molar-refractivity contribution is 7.92. The predicted molar refractivity (Wildman–Crippen MR) is 143 cm³/mol. The zero-order chi connectivity index (χ0) is 26.5. The third kappa shape index (κ3) is 6.37. The van der Waals surface area contributed by atoms with E-state index in [-0.39, 0.29) is 33.1 Å². The van der Waals surface area contributed by atoms with E-state index in [9.17, 15) is 18.0 Å². The van der Waals surface area contributed by atoms with E-state index in [0.29, 0.717) is 0 Å². The van der Waals surface area contributed by atoms with Gasteiger partial charge in [-0.3, -0.25) is 13.9 Å². The van der Waals surface area contributed by atoms with E-state index in [2.05, 4.69) is 5.32 Å². The molecule has 0 spiro atoms. The predicted octanol–water partition coefficient (Wildman–Crippen LogP) is 4.66. The van der Waals surface area contributed by atoms with E-state index in [1.165, 1.54) is 42.3 Å². The number of anilines is 1. The van der Waals surface area contributed by atoms with Crippen molar-refractivity contribution in [1.29, 1.82) is 0 Å². The second kappa shape index (κ2) is 11.8. The number of nitrogens with zero attached hydrogens (tertiary/aromatic N) is 2. The summed E-state index contributed by atoms with van der Waals surface area (Å²) < 4.78 is 28.3. The lowest BCUT2D eigenvalue weighted by molar-refractivity contribution is -0.139. The summed E-state index contributed by atoms with van der Waals surface area (Å²) in [5, 5.41) is 2.99. The molecule has 1 atom stereocenters. The van der Waals surface area contributed by atoms with Crippen molar-refractivity contribution in [2.24, 2.45) is 0 Å². The summed E-state index contributed by atoms with van der Waals surface area (Å²) in [7, 11) is -2.70. The van der Waals surface area contributed by atoms with Crippen LogP contribution in [0.1, 0.15) is 18.1 Å². The number of likely N-dealkylation sites (N-methyl/N-ethyl adjacent to an activating group) is 1. The van der Waals surface area contributed by atoms with Crippen LogP contribution in [0.5, 0.6) is 0 Å². The number of hydrogen-bond acceptors (Lipinski definition) is 4. The number of rotatable bonds is 9. The third-order valence-electron chi connectivity index (χ3n) is 5.76. The molecule has 0 aliphatic carbocycles. The first-order chi connectivity index (χ1) is 17.0. The van der Waals surface area contributed by atoms with Crippen LogP contribution in [0.4, 0.5) is 5.69 Å². The zero-order valence-electron chi connectivity index (χ0n) is 20.1. The van der Waals surface area contributed by atoms with Gasteiger partial charge in [-0.1, -0.05) is 65.7 Å². The lowest BCUT2D eigenvalue weighted by Gasteiger charge is -2.32. The summed E-state index contributed by atoms with van der Waals surface area (Å²) in [4.78, 5) is 27.6. The molecule has 3 aromatic rings. The normalized spacial score (nSPS) is 12.0. The maximum Gasteiger partial charge on any atom is 0.264 e. The van der Waals surface area contributed by atoms with Gasteiger partial charge >= 0.3 is 0 Å². The number of amides is 2. The van der Waals surface area contributed by atoms with Crippen LogP contribution in [0.3, 0.4) is 0 Å². The van der Waals surface area contributed by atoms with E-state index >= 15 is 0 Å². The summed E-state index contributed by atoms with van der Waals surface area (Å²) in [6.45, 7) is 3.06. The lowest BCUT2D eigenvalue weighted by Crippen LogP contribution is -2.50. The molecule has 36 heavy (non-hydrogen) atoms. The van der Waals surface area contributed by atoms with Crippen molar-refractivity contribution in [2.75, 3.05) is 17.9 Å². The molecule has 3 aromatic carbocycles. The van der Waals surface area contributed by atoms with Gasteiger partial charge in [0.05, 0.1) is 10.6 Å². The van der Waals surface area contributed by atoms with Crippen LogP contribution >= 0.6 is 23.2 Å². The van der Waals surface area contributed by atoms with Crippen molar-refractivity contribution in [3.05, 3.63) is 94.0 Å². The zero-order valence-corrected chi connectivity index (χ0v) is 22.4. The first-order valence-electron chi connectivity index (χ1n) is 11.1. The van der Waals surface area contributed by atoms with Gasteiger partial charge in [0.2, 0.25) is 11.8 Å². The van der Waals surface area contributed by atoms with E-state index in [1.807, 2.05) is 31.2 Å². The number of hydrogen-bond donors (Lipinski definition) is 1. The molecule has 0 bridgehead atoms. The summed E-state index contributed by atoms with van der Waals surface area (Å²) in [5.41, 5.74) is 1.91. The fourth-order valence-electron chi connectivity index (χ4n) is 3.69. The van der Waals surface area contributed by atoms with Crippen molar-refractivity contribution in [1.82, 2.24) is 10.2 Å². The average Bonchev–Trinajstić information content (AvgIpc) is 2.85. The summed E-state index contributed by atoms with van der Waals surface area (Å²) in [6.07, 6.45) is 0. The van der Waals surface area contributed by atoms with E-state index in [4.69, 9.17) is 23.2 Å². The maximum absolute atomic E-state index is 13.7. The lowest BCUT2D eigenvalue weighted by atomic mass is 10.1. The van der Waals surface area contributed by atoms with Crippen molar-refractivity contribution < 1.29 is 18.0 Å². The Labute approximate surface area is 221 Å². The Kier molecular flexibility index (Phi) is 9.00. The molecule has 0 aliphatic heterocycles. The molecule has 10 heteroatoms. The Morgan fingerprint density at radius 3 is 2.11 bits per heavy atom. The Balaban J connectivity index is 2.07. The number of benzene rings is 3. The Morgan fingerprint density at radius 2 is 1.53 bits per heavy atom. The number of carbonyl (C=O) groups excluding carboxylic acids is 2. The first-order valence-corrected chi connectivity index (χ1v) is 13.3. The molecule has 0 saturated carbocycles. The molecule has 190 valence electrons. The smallest absolute Gasteiger partial charge is 0.264 e. The molecule has 7 nitrogen and oxygen atoms in total. The number of carbonyl (C=O) groups is 2. The summed E-state index contributed by atoms with van der Waals surface area (Å²) in [5.74, 6) is -0.940. The fraction of sp³-hybridized carbons (Fsp3) is 0.231. The monoisotopic (exact) mass is 547 g/mol. The molecular weight excluding hydrogens is 521 g/mol. The Bertz CT molecular complexity index is 1330. The molecule has 0 saturated heterocycles. The molecule has 0 radical (unpaired) electrons. The number of nitrogens with one attached hydrogen (secondary N) is 1. The minimum absolute atomic E-state index is 0.00120. The third-order valence-corrected chi connectivity index (χ3v) is 7.99. The maximum atomic E-state index is 13.7. The van der Waals surface area contributed by atoms with Crippen LogP contribution in [0.2, 0.25) is 10.0 Å². The topological polar surface area (TPSA) is 86.8 Å². The minimum atomic E-state index is -4.18. The summed E-state index contributed by atoms with van der Waals surface area (Å²) in [6, 6.07) is 18.7. The largest absolute Gasteiger partial charge is 0.357 e. The van der Waals surface area contributed by atoms with Crippen LogP contribution in [-0.4, -0.2) is 44.8 Å². The molecule has 0 heterocycles. The van der Waals surface area contributed by atoms with Crippen LogP contribution in [0.15, 0.2) is 77.7 Å². The van der Waals surface area contributed by atoms with Gasteiger partial charge in [0.25, 0.3) is 10.0 Å². The van der Waals surface area contributed by atoms with Gasteiger partial charge in [-0.25, -0.2) is 8.42 Å². The van der Waals surface area contributed by atoms with Crippen molar-refractivity contribution in [3.8, 4) is 0 Å². The molecule has 3 rings (SSSR count). The standard InChI is InChI=1S/C26H27Cl2N3O4S/c1-18-9-7-8-10-20(18)16-30(19(2)26(33)29-3)25(32)17-31(23-14-21(27)13-22(28)15-23)36(34,35)24-11-5-4-6-12-24/h4-15,19H,16-17H2,1-3H3,(H,29,33)/t19-/m1/s1. The minimum Gasteiger partial charge on any atom is -0.357 e.